The summed E-state index contributed by atoms with van der Waals surface area (Å²) < 4.78 is 7.11. The molecule has 0 saturated heterocycles. The van der Waals surface area contributed by atoms with Gasteiger partial charge < -0.3 is 4.42 Å². The van der Waals surface area contributed by atoms with Gasteiger partial charge in [0.15, 0.2) is 5.16 Å². The van der Waals surface area contributed by atoms with Crippen LogP contribution in [0.4, 0.5) is 0 Å². The summed E-state index contributed by atoms with van der Waals surface area (Å²) in [7, 11) is 0. The van der Waals surface area contributed by atoms with Crippen molar-refractivity contribution >= 4 is 33.6 Å². The zero-order chi connectivity index (χ0) is 20.4. The SMILES string of the molecule is CCCCn1c(SCc2cc(=O)oc3cc(C)ccc23)nc2ccccc2c1=O. The van der Waals surface area contributed by atoms with Crippen LogP contribution in [0, 0.1) is 6.92 Å². The van der Waals surface area contributed by atoms with Gasteiger partial charge in [-0.2, -0.15) is 0 Å². The summed E-state index contributed by atoms with van der Waals surface area (Å²) in [5.41, 5.74) is 2.82. The Bertz CT molecular complexity index is 1310. The van der Waals surface area contributed by atoms with Crippen LogP contribution in [-0.4, -0.2) is 9.55 Å². The summed E-state index contributed by atoms with van der Waals surface area (Å²) in [4.78, 5) is 29.8. The van der Waals surface area contributed by atoms with Crippen LogP contribution in [0.5, 0.6) is 0 Å². The number of para-hydroxylation sites is 1. The molecule has 2 aromatic heterocycles. The molecule has 0 saturated carbocycles. The van der Waals surface area contributed by atoms with Gasteiger partial charge in [-0.25, -0.2) is 9.78 Å². The fraction of sp³-hybridized carbons (Fsp3) is 0.261. The molecule has 29 heavy (non-hydrogen) atoms. The van der Waals surface area contributed by atoms with E-state index >= 15 is 0 Å². The van der Waals surface area contributed by atoms with Crippen molar-refractivity contribution in [2.45, 2.75) is 44.1 Å². The monoisotopic (exact) mass is 406 g/mol. The maximum atomic E-state index is 13.0. The van der Waals surface area contributed by atoms with Crippen LogP contribution in [-0.2, 0) is 12.3 Å². The summed E-state index contributed by atoms with van der Waals surface area (Å²) in [6.45, 7) is 4.70. The first kappa shape index (κ1) is 19.5. The van der Waals surface area contributed by atoms with Crippen molar-refractivity contribution in [3.05, 3.63) is 80.4 Å². The first-order chi connectivity index (χ1) is 14.1. The third-order valence-electron chi connectivity index (χ3n) is 4.90. The van der Waals surface area contributed by atoms with Crippen molar-refractivity contribution in [1.82, 2.24) is 9.55 Å². The molecular weight excluding hydrogens is 384 g/mol. The van der Waals surface area contributed by atoms with E-state index in [1.807, 2.05) is 49.4 Å². The number of thioether (sulfide) groups is 1. The van der Waals surface area contributed by atoms with Crippen LogP contribution in [0.1, 0.15) is 30.9 Å². The zero-order valence-electron chi connectivity index (χ0n) is 16.5. The third kappa shape index (κ3) is 3.98. The number of hydrogen-bond acceptors (Lipinski definition) is 5. The number of hydrogen-bond donors (Lipinski definition) is 0. The second-order valence-electron chi connectivity index (χ2n) is 7.10. The van der Waals surface area contributed by atoms with Gasteiger partial charge in [0.05, 0.1) is 10.9 Å². The second kappa shape index (κ2) is 8.25. The molecule has 0 bridgehead atoms. The smallest absolute Gasteiger partial charge is 0.336 e. The molecule has 0 spiro atoms. The van der Waals surface area contributed by atoms with Gasteiger partial charge in [-0.1, -0.05) is 49.4 Å². The lowest BCUT2D eigenvalue weighted by Gasteiger charge is -2.13. The molecule has 0 atom stereocenters. The predicted molar refractivity (Wildman–Crippen MR) is 118 cm³/mol. The second-order valence-corrected chi connectivity index (χ2v) is 8.04. The molecular formula is C23H22N2O3S. The molecule has 5 nitrogen and oxygen atoms in total. The van der Waals surface area contributed by atoms with E-state index in [1.165, 1.54) is 17.8 Å². The maximum Gasteiger partial charge on any atom is 0.336 e. The molecule has 4 aromatic rings. The van der Waals surface area contributed by atoms with Crippen LogP contribution in [0.2, 0.25) is 0 Å². The molecule has 0 aliphatic heterocycles. The van der Waals surface area contributed by atoms with Gasteiger partial charge in [0.2, 0.25) is 0 Å². The molecule has 4 rings (SSSR count). The first-order valence-electron chi connectivity index (χ1n) is 9.72. The summed E-state index contributed by atoms with van der Waals surface area (Å²) in [6.07, 6.45) is 1.90. The van der Waals surface area contributed by atoms with Gasteiger partial charge in [0, 0.05) is 23.8 Å². The van der Waals surface area contributed by atoms with E-state index < -0.39 is 0 Å². The largest absolute Gasteiger partial charge is 0.423 e. The molecule has 6 heteroatoms. The fourth-order valence-electron chi connectivity index (χ4n) is 3.37. The van der Waals surface area contributed by atoms with E-state index in [0.29, 0.717) is 33.9 Å². The third-order valence-corrected chi connectivity index (χ3v) is 5.93. The van der Waals surface area contributed by atoms with E-state index in [0.717, 1.165) is 29.4 Å². The molecule has 0 amide bonds. The van der Waals surface area contributed by atoms with Gasteiger partial charge >= 0.3 is 5.63 Å². The Labute approximate surface area is 172 Å². The number of fused-ring (bicyclic) bond motifs is 2. The van der Waals surface area contributed by atoms with Crippen LogP contribution in [0.25, 0.3) is 21.9 Å². The Hall–Kier alpha value is -2.86. The van der Waals surface area contributed by atoms with Gasteiger partial charge in [-0.15, -0.1) is 0 Å². The molecule has 2 aromatic carbocycles. The average molecular weight is 407 g/mol. The number of aryl methyl sites for hydroxylation is 1. The number of benzene rings is 2. The Morgan fingerprint density at radius 3 is 2.72 bits per heavy atom. The number of unbranched alkanes of at least 4 members (excludes halogenated alkanes) is 1. The highest BCUT2D eigenvalue weighted by Gasteiger charge is 2.13. The number of aromatic nitrogens is 2. The first-order valence-corrected chi connectivity index (χ1v) is 10.7. The molecule has 0 unspecified atom stereocenters. The number of nitrogens with zero attached hydrogens (tertiary/aromatic N) is 2. The minimum Gasteiger partial charge on any atom is -0.423 e. The fourth-order valence-corrected chi connectivity index (χ4v) is 4.39. The van der Waals surface area contributed by atoms with E-state index in [4.69, 9.17) is 9.40 Å². The normalized spacial score (nSPS) is 11.4. The predicted octanol–water partition coefficient (Wildman–Crippen LogP) is 4.90. The Kier molecular flexibility index (Phi) is 5.53. The van der Waals surface area contributed by atoms with Crippen molar-refractivity contribution in [3.63, 3.8) is 0 Å². The van der Waals surface area contributed by atoms with Crippen molar-refractivity contribution in [2.24, 2.45) is 0 Å². The number of rotatable bonds is 6. The van der Waals surface area contributed by atoms with E-state index in [2.05, 4.69) is 6.92 Å². The van der Waals surface area contributed by atoms with Gasteiger partial charge in [-0.3, -0.25) is 9.36 Å². The molecule has 2 heterocycles. The van der Waals surface area contributed by atoms with E-state index in [1.54, 1.807) is 4.57 Å². The summed E-state index contributed by atoms with van der Waals surface area (Å²) in [5, 5.41) is 2.22. The summed E-state index contributed by atoms with van der Waals surface area (Å²) >= 11 is 1.48. The molecule has 0 aliphatic rings. The lowest BCUT2D eigenvalue weighted by atomic mass is 10.1. The molecule has 0 N–H and O–H groups in total. The van der Waals surface area contributed by atoms with Crippen LogP contribution >= 0.6 is 11.8 Å². The van der Waals surface area contributed by atoms with Crippen molar-refractivity contribution in [2.75, 3.05) is 0 Å². The standard InChI is InChI=1S/C23H22N2O3S/c1-3-4-11-25-22(27)18-7-5-6-8-19(18)24-23(25)29-14-16-13-21(26)28-20-12-15(2)9-10-17(16)20/h5-10,12-13H,3-4,11,14H2,1-2H3. The minimum atomic E-state index is -0.367. The molecule has 148 valence electrons. The zero-order valence-corrected chi connectivity index (χ0v) is 17.3. The highest BCUT2D eigenvalue weighted by Crippen LogP contribution is 2.26. The average Bonchev–Trinajstić information content (AvgIpc) is 2.71. The summed E-state index contributed by atoms with van der Waals surface area (Å²) in [6, 6.07) is 14.8. The van der Waals surface area contributed by atoms with E-state index in [-0.39, 0.29) is 11.2 Å². The molecule has 0 aliphatic carbocycles. The maximum absolute atomic E-state index is 13.0. The van der Waals surface area contributed by atoms with Crippen molar-refractivity contribution in [3.8, 4) is 0 Å². The molecule has 0 fully saturated rings. The highest BCUT2D eigenvalue weighted by molar-refractivity contribution is 7.98. The quantitative estimate of drug-likeness (QED) is 0.259. The van der Waals surface area contributed by atoms with Crippen molar-refractivity contribution in [1.29, 1.82) is 0 Å². The lowest BCUT2D eigenvalue weighted by molar-refractivity contribution is 0.557. The van der Waals surface area contributed by atoms with Gasteiger partial charge in [-0.05, 0) is 42.7 Å². The summed E-state index contributed by atoms with van der Waals surface area (Å²) in [5.74, 6) is 0.530. The Morgan fingerprint density at radius 2 is 1.90 bits per heavy atom. The Balaban J connectivity index is 1.76. The highest BCUT2D eigenvalue weighted by atomic mass is 32.2. The lowest BCUT2D eigenvalue weighted by Crippen LogP contribution is -2.23. The molecule has 0 radical (unpaired) electrons. The van der Waals surface area contributed by atoms with E-state index in [9.17, 15) is 9.59 Å². The van der Waals surface area contributed by atoms with Gasteiger partial charge in [0.25, 0.3) is 5.56 Å². The van der Waals surface area contributed by atoms with Crippen LogP contribution in [0.15, 0.2) is 67.7 Å². The van der Waals surface area contributed by atoms with Crippen LogP contribution < -0.4 is 11.2 Å². The Morgan fingerprint density at radius 1 is 1.07 bits per heavy atom. The minimum absolute atomic E-state index is 0.0143. The van der Waals surface area contributed by atoms with Crippen LogP contribution in [0.3, 0.4) is 0 Å². The van der Waals surface area contributed by atoms with Gasteiger partial charge in [0.1, 0.15) is 5.58 Å². The van der Waals surface area contributed by atoms with Crippen molar-refractivity contribution < 1.29 is 4.42 Å². The topological polar surface area (TPSA) is 65.1 Å².